The lowest BCUT2D eigenvalue weighted by molar-refractivity contribution is 0.0688. The van der Waals surface area contributed by atoms with Crippen molar-refractivity contribution in [2.45, 2.75) is 53.4 Å². The molecule has 0 atom stereocenters. The first-order valence-corrected chi connectivity index (χ1v) is 17.3. The molecule has 0 saturated heterocycles. The predicted molar refractivity (Wildman–Crippen MR) is 208 cm³/mol. The van der Waals surface area contributed by atoms with Gasteiger partial charge in [-0.3, -0.25) is 0 Å². The van der Waals surface area contributed by atoms with E-state index in [1.165, 1.54) is 12.1 Å². The van der Waals surface area contributed by atoms with Gasteiger partial charge < -0.3 is 21.7 Å². The minimum absolute atomic E-state index is 0.118. The number of aromatic carboxylic acids is 2. The predicted octanol–water partition coefficient (Wildman–Crippen LogP) is 11.3. The summed E-state index contributed by atoms with van der Waals surface area (Å²) in [6.07, 6.45) is 2.79. The molecule has 0 bridgehead atoms. The normalized spacial score (nSPS) is 11.7. The zero-order valence-corrected chi connectivity index (χ0v) is 29.6. The number of nitrogens with zero attached hydrogens (tertiary/aromatic N) is 4. The van der Waals surface area contributed by atoms with Crippen molar-refractivity contribution < 1.29 is 19.8 Å². The van der Waals surface area contributed by atoms with Crippen LogP contribution in [0.3, 0.4) is 0 Å². The Morgan fingerprint density at radius 2 is 0.808 bits per heavy atom. The number of hydrogen-bond acceptors (Lipinski definition) is 8. The molecule has 10 nitrogen and oxygen atoms in total. The van der Waals surface area contributed by atoms with Gasteiger partial charge in [-0.15, -0.1) is 20.5 Å². The third kappa shape index (κ3) is 6.58. The summed E-state index contributed by atoms with van der Waals surface area (Å²) in [7, 11) is 0. The Morgan fingerprint density at radius 3 is 1.10 bits per heavy atom. The van der Waals surface area contributed by atoms with E-state index in [1.807, 2.05) is 12.1 Å². The summed E-state index contributed by atoms with van der Waals surface area (Å²) >= 11 is 0. The van der Waals surface area contributed by atoms with Crippen molar-refractivity contribution >= 4 is 67.6 Å². The highest BCUT2D eigenvalue weighted by molar-refractivity contribution is 6.11. The molecule has 0 aromatic heterocycles. The maximum Gasteiger partial charge on any atom is 0.336 e. The molecule has 10 heteroatoms. The second kappa shape index (κ2) is 14.8. The molecule has 0 unspecified atom stereocenters. The fourth-order valence-corrected chi connectivity index (χ4v) is 6.68. The summed E-state index contributed by atoms with van der Waals surface area (Å²) in [5.74, 6) is -2.12. The van der Waals surface area contributed by atoms with Crippen LogP contribution in [0.2, 0.25) is 0 Å². The van der Waals surface area contributed by atoms with E-state index in [0.717, 1.165) is 44.8 Å². The molecule has 0 spiro atoms. The van der Waals surface area contributed by atoms with Crippen molar-refractivity contribution in [2.75, 3.05) is 11.5 Å². The van der Waals surface area contributed by atoms with Gasteiger partial charge in [0.2, 0.25) is 0 Å². The van der Waals surface area contributed by atoms with Crippen LogP contribution in [0.1, 0.15) is 70.7 Å². The van der Waals surface area contributed by atoms with Crippen LogP contribution in [0.4, 0.5) is 34.1 Å². The molecule has 0 aliphatic heterocycles. The molecule has 0 aliphatic rings. The van der Waals surface area contributed by atoms with Gasteiger partial charge >= 0.3 is 11.9 Å². The lowest BCUT2D eigenvalue weighted by Gasteiger charge is -2.16. The van der Waals surface area contributed by atoms with Gasteiger partial charge in [0.1, 0.15) is 11.4 Å². The molecule has 0 amide bonds. The summed E-state index contributed by atoms with van der Waals surface area (Å²) in [5, 5.41) is 40.5. The van der Waals surface area contributed by atoms with Gasteiger partial charge in [0.15, 0.2) is 0 Å². The number of carboxylic acids is 2. The van der Waals surface area contributed by atoms with Gasteiger partial charge in [0, 0.05) is 10.8 Å². The van der Waals surface area contributed by atoms with Crippen molar-refractivity contribution in [3.8, 4) is 11.1 Å². The Balaban J connectivity index is 1.41. The zero-order chi connectivity index (χ0) is 37.1. The number of nitrogens with two attached hydrogens (primary N) is 2. The molecule has 52 heavy (non-hydrogen) atoms. The summed E-state index contributed by atoms with van der Waals surface area (Å²) in [6.45, 7) is 8.27. The van der Waals surface area contributed by atoms with Gasteiger partial charge in [0.05, 0.1) is 33.9 Å². The van der Waals surface area contributed by atoms with Crippen LogP contribution in [0.5, 0.6) is 0 Å². The van der Waals surface area contributed by atoms with E-state index in [4.69, 9.17) is 11.5 Å². The zero-order valence-electron chi connectivity index (χ0n) is 29.6. The minimum Gasteiger partial charge on any atom is -0.478 e. The molecule has 6 N–H and O–H groups in total. The van der Waals surface area contributed by atoms with E-state index in [1.54, 1.807) is 36.4 Å². The molecule has 0 radical (unpaired) electrons. The standard InChI is InChI=1S/C42H40N6O4/c1-5-23-17-27(18-24(6-2)39(23)47-45-35-21-33(41(49)50)29-13-9-11-15-31(29)37(35)43)28-19-25(7-3)40(26(8-4)20-28)48-46-36-22-34(42(51)52)30-14-10-12-16-32(30)38(36)44/h9-22H,5-8,43-44H2,1-4H3,(H,49,50)(H,51,52)/b47-45+,48-46+. The van der Waals surface area contributed by atoms with E-state index in [2.05, 4.69) is 72.4 Å². The minimum atomic E-state index is -1.06. The maximum absolute atomic E-state index is 12.1. The number of carboxylic acid groups (broad SMARTS) is 2. The number of aryl methyl sites for hydroxylation is 4. The second-order valence-electron chi connectivity index (χ2n) is 12.5. The lowest BCUT2D eigenvalue weighted by Crippen LogP contribution is -2.00. The highest BCUT2D eigenvalue weighted by atomic mass is 16.4. The third-order valence-electron chi connectivity index (χ3n) is 9.50. The Kier molecular flexibility index (Phi) is 10.1. The highest BCUT2D eigenvalue weighted by Gasteiger charge is 2.18. The highest BCUT2D eigenvalue weighted by Crippen LogP contribution is 2.40. The maximum atomic E-state index is 12.1. The van der Waals surface area contributed by atoms with Gasteiger partial charge in [-0.1, -0.05) is 76.2 Å². The molecular formula is C42H40N6O4. The Labute approximate surface area is 301 Å². The Hall–Kier alpha value is -6.42. The van der Waals surface area contributed by atoms with Crippen molar-refractivity contribution in [1.82, 2.24) is 0 Å². The van der Waals surface area contributed by atoms with Crippen molar-refractivity contribution in [1.29, 1.82) is 0 Å². The van der Waals surface area contributed by atoms with E-state index >= 15 is 0 Å². The number of azo groups is 2. The van der Waals surface area contributed by atoms with E-state index < -0.39 is 11.9 Å². The molecule has 0 heterocycles. The summed E-state index contributed by atoms with van der Waals surface area (Å²) in [5.41, 5.74) is 22.1. The van der Waals surface area contributed by atoms with E-state index in [-0.39, 0.29) is 11.1 Å². The first kappa shape index (κ1) is 35.4. The van der Waals surface area contributed by atoms with Crippen LogP contribution >= 0.6 is 0 Å². The number of carbonyl (C=O) groups is 2. The number of rotatable bonds is 11. The molecule has 0 aliphatic carbocycles. The van der Waals surface area contributed by atoms with Crippen LogP contribution in [0.15, 0.2) is 105 Å². The lowest BCUT2D eigenvalue weighted by atomic mass is 9.92. The average Bonchev–Trinajstić information content (AvgIpc) is 3.16. The van der Waals surface area contributed by atoms with Gasteiger partial charge in [0.25, 0.3) is 0 Å². The van der Waals surface area contributed by atoms with Crippen LogP contribution in [0.25, 0.3) is 32.7 Å². The summed E-state index contributed by atoms with van der Waals surface area (Å²) < 4.78 is 0. The summed E-state index contributed by atoms with van der Waals surface area (Å²) in [6, 6.07) is 25.7. The largest absolute Gasteiger partial charge is 0.478 e. The molecule has 0 saturated carbocycles. The quantitative estimate of drug-likeness (QED) is 0.0775. The Bertz CT molecular complexity index is 2230. The fraction of sp³-hybridized carbons (Fsp3) is 0.190. The van der Waals surface area contributed by atoms with Crippen LogP contribution < -0.4 is 11.5 Å². The molecule has 262 valence electrons. The molecule has 6 rings (SSSR count). The SMILES string of the molecule is CCc1cc(-c2cc(CC)c(/N=N/c3cc(C(=O)O)c4ccccc4c3N)c(CC)c2)cc(CC)c1/N=N/c1cc(C(=O)O)c2ccccc2c1N. The first-order chi connectivity index (χ1) is 25.1. The number of benzene rings is 6. The van der Waals surface area contributed by atoms with E-state index in [0.29, 0.717) is 70.0 Å². The number of fused-ring (bicyclic) bond motifs is 2. The molecule has 6 aromatic carbocycles. The number of hydrogen-bond donors (Lipinski definition) is 4. The topological polar surface area (TPSA) is 176 Å². The smallest absolute Gasteiger partial charge is 0.336 e. The van der Waals surface area contributed by atoms with Crippen molar-refractivity contribution in [3.63, 3.8) is 0 Å². The van der Waals surface area contributed by atoms with Gasteiger partial charge in [-0.05, 0) is 106 Å². The molecule has 6 aromatic rings. The van der Waals surface area contributed by atoms with Crippen molar-refractivity contribution in [2.24, 2.45) is 20.5 Å². The second-order valence-corrected chi connectivity index (χ2v) is 12.5. The first-order valence-electron chi connectivity index (χ1n) is 17.3. The van der Waals surface area contributed by atoms with Crippen molar-refractivity contribution in [3.05, 3.63) is 118 Å². The number of nitrogen functional groups attached to an aromatic ring is 2. The van der Waals surface area contributed by atoms with Crippen LogP contribution in [-0.2, 0) is 25.7 Å². The van der Waals surface area contributed by atoms with Crippen LogP contribution in [-0.4, -0.2) is 22.2 Å². The average molecular weight is 693 g/mol. The monoisotopic (exact) mass is 692 g/mol. The molecule has 0 fully saturated rings. The Morgan fingerprint density at radius 1 is 0.500 bits per heavy atom. The molecular weight excluding hydrogens is 653 g/mol. The third-order valence-corrected chi connectivity index (χ3v) is 9.50. The summed E-state index contributed by atoms with van der Waals surface area (Å²) in [4.78, 5) is 24.2. The van der Waals surface area contributed by atoms with E-state index in [9.17, 15) is 19.8 Å². The number of anilines is 2. The van der Waals surface area contributed by atoms with Gasteiger partial charge in [-0.2, -0.15) is 0 Å². The van der Waals surface area contributed by atoms with Gasteiger partial charge in [-0.25, -0.2) is 9.59 Å². The fourth-order valence-electron chi connectivity index (χ4n) is 6.68. The van der Waals surface area contributed by atoms with Crippen LogP contribution in [0, 0.1) is 0 Å².